The standard InChI is InChI=1S/C34H61N11O7/c1-21(46)41-20-28(47)42-26(18-22-10-4-2-5-11-22)30(49)43-24(14-8-16-39-33(35)36)29(48)45-27(19-23-12-6-3-7-13-23)31(50)44-25(32(51)52)15-9-17-40-34(37)38/h22-27H,2-20H2,1H3,(H,41,46)(H,42,47)(H,43,49)(H,44,50)(H,45,48)(H,51,52)(H4,35,36,39)(H4,37,38,40)/t24-,25?,26+,27?/m0/s1. The van der Waals surface area contributed by atoms with E-state index in [-0.39, 0.29) is 62.7 Å². The molecule has 4 atom stereocenters. The SMILES string of the molecule is CC(=O)NCC(=O)N[C@H](CC1CCCCC1)C(=O)N[C@@H](CCCNC(=N)N)C(=O)NC(CC1CCCCC1)C(=O)NC(CCCNC(=N)N)C(=O)O. The minimum absolute atomic E-state index is 0.0588. The van der Waals surface area contributed by atoms with Crippen LogP contribution in [0.5, 0.6) is 0 Å². The van der Waals surface area contributed by atoms with Crippen LogP contribution in [0.1, 0.15) is 110 Å². The van der Waals surface area contributed by atoms with Crippen LogP contribution >= 0.6 is 0 Å². The average Bonchev–Trinajstić information content (AvgIpc) is 3.09. The lowest BCUT2D eigenvalue weighted by molar-refractivity contribution is -0.142. The van der Waals surface area contributed by atoms with Crippen molar-refractivity contribution in [2.24, 2.45) is 23.3 Å². The number of hydrogen-bond donors (Lipinski definition) is 12. The van der Waals surface area contributed by atoms with Gasteiger partial charge in [0.2, 0.25) is 29.5 Å². The maximum Gasteiger partial charge on any atom is 0.326 e. The molecule has 18 nitrogen and oxygen atoms in total. The molecule has 0 aromatic heterocycles. The number of carboxylic acid groups (broad SMARTS) is 1. The predicted octanol–water partition coefficient (Wildman–Crippen LogP) is -0.386. The number of nitrogens with two attached hydrogens (primary N) is 2. The van der Waals surface area contributed by atoms with Crippen LogP contribution in [0, 0.1) is 22.7 Å². The van der Waals surface area contributed by atoms with E-state index < -0.39 is 59.7 Å². The summed E-state index contributed by atoms with van der Waals surface area (Å²) in [5, 5.41) is 43.2. The van der Waals surface area contributed by atoms with Crippen LogP contribution in [-0.4, -0.2) is 96.3 Å². The highest BCUT2D eigenvalue weighted by Gasteiger charge is 2.33. The zero-order chi connectivity index (χ0) is 38.5. The average molecular weight is 736 g/mol. The molecular formula is C34H61N11O7. The third-order valence-corrected chi connectivity index (χ3v) is 9.59. The number of nitrogens with one attached hydrogen (secondary N) is 9. The highest BCUT2D eigenvalue weighted by molar-refractivity contribution is 5.95. The van der Waals surface area contributed by atoms with Crippen molar-refractivity contribution >= 4 is 47.4 Å². The van der Waals surface area contributed by atoms with Crippen LogP contribution in [0.2, 0.25) is 0 Å². The van der Waals surface area contributed by atoms with E-state index >= 15 is 0 Å². The molecule has 0 saturated heterocycles. The first-order valence-electron chi connectivity index (χ1n) is 18.6. The van der Waals surface area contributed by atoms with Crippen molar-refractivity contribution in [1.29, 1.82) is 10.8 Å². The van der Waals surface area contributed by atoms with E-state index in [0.29, 0.717) is 19.3 Å². The third-order valence-electron chi connectivity index (χ3n) is 9.59. The molecule has 18 heteroatoms. The summed E-state index contributed by atoms with van der Waals surface area (Å²) in [6, 6.07) is -4.46. The molecule has 294 valence electrons. The van der Waals surface area contributed by atoms with Gasteiger partial charge in [-0.15, -0.1) is 0 Å². The number of amides is 5. The molecule has 2 rings (SSSR count). The van der Waals surface area contributed by atoms with Gasteiger partial charge in [-0.1, -0.05) is 64.2 Å². The molecule has 0 radical (unpaired) electrons. The van der Waals surface area contributed by atoms with Crippen LogP contribution in [0.4, 0.5) is 0 Å². The number of carboxylic acids is 1. The van der Waals surface area contributed by atoms with E-state index in [1.165, 1.54) is 6.92 Å². The summed E-state index contributed by atoms with van der Waals surface area (Å²) in [7, 11) is 0. The second kappa shape index (κ2) is 23.8. The highest BCUT2D eigenvalue weighted by Crippen LogP contribution is 2.28. The molecule has 2 aliphatic carbocycles. The predicted molar refractivity (Wildman–Crippen MR) is 195 cm³/mol. The molecule has 5 amide bonds. The van der Waals surface area contributed by atoms with Crippen LogP contribution < -0.4 is 48.7 Å². The number of carbonyl (C=O) groups excluding carboxylic acids is 5. The van der Waals surface area contributed by atoms with E-state index in [1.807, 2.05) is 0 Å². The fraction of sp³-hybridized carbons (Fsp3) is 0.765. The third kappa shape index (κ3) is 18.0. The van der Waals surface area contributed by atoms with Gasteiger partial charge in [-0.05, 0) is 50.4 Å². The van der Waals surface area contributed by atoms with E-state index in [9.17, 15) is 33.9 Å². The van der Waals surface area contributed by atoms with Gasteiger partial charge in [-0.25, -0.2) is 4.79 Å². The Labute approximate surface area is 305 Å². The number of guanidine groups is 2. The minimum Gasteiger partial charge on any atom is -0.480 e. The fourth-order valence-electron chi connectivity index (χ4n) is 6.83. The summed E-state index contributed by atoms with van der Waals surface area (Å²) < 4.78 is 0. The van der Waals surface area contributed by atoms with Crippen molar-refractivity contribution in [1.82, 2.24) is 37.2 Å². The Bertz CT molecular complexity index is 1220. The summed E-state index contributed by atoms with van der Waals surface area (Å²) in [6.07, 6.45) is 11.1. The Kier molecular flexibility index (Phi) is 19.9. The van der Waals surface area contributed by atoms with Crippen molar-refractivity contribution in [3.05, 3.63) is 0 Å². The van der Waals surface area contributed by atoms with E-state index in [2.05, 4.69) is 37.2 Å². The molecule has 2 saturated carbocycles. The molecule has 0 bridgehead atoms. The maximum absolute atomic E-state index is 14.0. The lowest BCUT2D eigenvalue weighted by Crippen LogP contribution is -2.58. The topological polar surface area (TPSA) is 307 Å². The number of rotatable bonds is 22. The molecule has 0 heterocycles. The Morgan fingerprint density at radius 3 is 1.46 bits per heavy atom. The second-order valence-corrected chi connectivity index (χ2v) is 14.0. The smallest absolute Gasteiger partial charge is 0.326 e. The van der Waals surface area contributed by atoms with Crippen molar-refractivity contribution in [2.75, 3.05) is 19.6 Å². The Morgan fingerprint density at radius 2 is 1.02 bits per heavy atom. The number of hydrogen-bond acceptors (Lipinski definition) is 8. The summed E-state index contributed by atoms with van der Waals surface area (Å²) >= 11 is 0. The van der Waals surface area contributed by atoms with Gasteiger partial charge >= 0.3 is 5.97 Å². The molecule has 52 heavy (non-hydrogen) atoms. The van der Waals surface area contributed by atoms with Gasteiger partial charge in [-0.3, -0.25) is 34.8 Å². The zero-order valence-corrected chi connectivity index (χ0v) is 30.5. The monoisotopic (exact) mass is 735 g/mol. The molecular weight excluding hydrogens is 674 g/mol. The first kappa shape index (κ1) is 43.5. The molecule has 2 unspecified atom stereocenters. The van der Waals surface area contributed by atoms with E-state index in [0.717, 1.165) is 64.2 Å². The van der Waals surface area contributed by atoms with Crippen molar-refractivity contribution in [2.45, 2.75) is 134 Å². The quantitative estimate of drug-likeness (QED) is 0.0386. The first-order valence-corrected chi connectivity index (χ1v) is 18.6. The molecule has 14 N–H and O–H groups in total. The largest absolute Gasteiger partial charge is 0.480 e. The molecule has 0 aromatic carbocycles. The zero-order valence-electron chi connectivity index (χ0n) is 30.5. The molecule has 0 aromatic rings. The Balaban J connectivity index is 2.28. The molecule has 0 aliphatic heterocycles. The van der Waals surface area contributed by atoms with Crippen LogP contribution in [0.15, 0.2) is 0 Å². The van der Waals surface area contributed by atoms with Gasteiger partial charge in [0.05, 0.1) is 6.54 Å². The van der Waals surface area contributed by atoms with Crippen molar-refractivity contribution in [3.8, 4) is 0 Å². The van der Waals surface area contributed by atoms with Gasteiger partial charge in [0.15, 0.2) is 11.9 Å². The second-order valence-electron chi connectivity index (χ2n) is 14.0. The summed E-state index contributed by atoms with van der Waals surface area (Å²) in [6.45, 7) is 1.44. The van der Waals surface area contributed by atoms with Crippen molar-refractivity contribution in [3.63, 3.8) is 0 Å². The van der Waals surface area contributed by atoms with Gasteiger partial charge in [-0.2, -0.15) is 0 Å². The van der Waals surface area contributed by atoms with Gasteiger partial charge in [0.25, 0.3) is 0 Å². The first-order chi connectivity index (χ1) is 24.7. The van der Waals surface area contributed by atoms with E-state index in [1.54, 1.807) is 0 Å². The lowest BCUT2D eigenvalue weighted by atomic mass is 9.84. The maximum atomic E-state index is 14.0. The summed E-state index contributed by atoms with van der Waals surface area (Å²) in [5.41, 5.74) is 10.7. The fourth-order valence-corrected chi connectivity index (χ4v) is 6.83. The van der Waals surface area contributed by atoms with Gasteiger partial charge in [0.1, 0.15) is 24.2 Å². The van der Waals surface area contributed by atoms with Gasteiger partial charge in [0, 0.05) is 20.0 Å². The van der Waals surface area contributed by atoms with Crippen LogP contribution in [0.3, 0.4) is 0 Å². The molecule has 2 aliphatic rings. The summed E-state index contributed by atoms with van der Waals surface area (Å²) in [5.74, 6) is -4.28. The number of carbonyl (C=O) groups is 6. The van der Waals surface area contributed by atoms with Crippen LogP contribution in [-0.2, 0) is 28.8 Å². The normalized spacial score (nSPS) is 17.2. The highest BCUT2D eigenvalue weighted by atomic mass is 16.4. The van der Waals surface area contributed by atoms with Gasteiger partial charge < -0.3 is 53.8 Å². The Morgan fingerprint density at radius 1 is 0.615 bits per heavy atom. The number of aliphatic carboxylic acids is 1. The lowest BCUT2D eigenvalue weighted by Gasteiger charge is -2.30. The van der Waals surface area contributed by atoms with E-state index in [4.69, 9.17) is 22.3 Å². The Hall–Kier alpha value is -4.64. The molecule has 2 fully saturated rings. The van der Waals surface area contributed by atoms with Crippen LogP contribution in [0.25, 0.3) is 0 Å². The summed E-state index contributed by atoms with van der Waals surface area (Å²) in [4.78, 5) is 77.7. The van der Waals surface area contributed by atoms with Crippen molar-refractivity contribution < 1.29 is 33.9 Å². The minimum atomic E-state index is -1.25. The molecule has 0 spiro atoms.